The minimum atomic E-state index is -3.98. The highest BCUT2D eigenvalue weighted by molar-refractivity contribution is 9.10. The van der Waals surface area contributed by atoms with Crippen LogP contribution in [0.25, 0.3) is 0 Å². The average molecular weight is 403 g/mol. The third-order valence-corrected chi connectivity index (χ3v) is 5.48. The number of thioether (sulfide) groups is 1. The molecule has 1 aromatic carbocycles. The number of hydrogen-bond acceptors (Lipinski definition) is 4. The molecule has 9 heteroatoms. The predicted octanol–water partition coefficient (Wildman–Crippen LogP) is 2.59. The first-order valence-electron chi connectivity index (χ1n) is 5.47. The van der Waals surface area contributed by atoms with Crippen molar-refractivity contribution >= 4 is 55.3 Å². The van der Waals surface area contributed by atoms with Crippen molar-refractivity contribution in [2.24, 2.45) is 0 Å². The van der Waals surface area contributed by atoms with Crippen LogP contribution in [0.15, 0.2) is 27.6 Å². The van der Waals surface area contributed by atoms with Gasteiger partial charge in [-0.05, 0) is 36.6 Å². The molecule has 0 spiro atoms. The van der Waals surface area contributed by atoms with Gasteiger partial charge in [0.15, 0.2) is 0 Å². The Morgan fingerprint density at radius 1 is 1.55 bits per heavy atom. The van der Waals surface area contributed by atoms with Crippen molar-refractivity contribution < 1.29 is 18.3 Å². The van der Waals surface area contributed by atoms with Crippen LogP contribution in [0.1, 0.15) is 6.42 Å². The quantitative estimate of drug-likeness (QED) is 0.732. The van der Waals surface area contributed by atoms with Crippen LogP contribution < -0.4 is 4.72 Å². The van der Waals surface area contributed by atoms with Crippen molar-refractivity contribution in [3.8, 4) is 0 Å². The molecule has 0 aliphatic heterocycles. The largest absolute Gasteiger partial charge is 0.480 e. The van der Waals surface area contributed by atoms with E-state index in [9.17, 15) is 13.2 Å². The summed E-state index contributed by atoms with van der Waals surface area (Å²) in [5.74, 6) is -0.677. The zero-order valence-electron chi connectivity index (χ0n) is 10.5. The second-order valence-corrected chi connectivity index (χ2v) is 7.86. The van der Waals surface area contributed by atoms with Gasteiger partial charge in [-0.15, -0.1) is 0 Å². The third kappa shape index (κ3) is 4.92. The molecule has 1 rings (SSSR count). The fourth-order valence-corrected chi connectivity index (χ4v) is 4.15. The van der Waals surface area contributed by atoms with Crippen molar-refractivity contribution in [3.05, 3.63) is 27.7 Å². The van der Waals surface area contributed by atoms with Gasteiger partial charge in [0.2, 0.25) is 10.0 Å². The maximum absolute atomic E-state index is 12.2. The molecule has 2 N–H and O–H groups in total. The van der Waals surface area contributed by atoms with Crippen LogP contribution in [0.5, 0.6) is 0 Å². The first-order chi connectivity index (χ1) is 9.27. The molecule has 0 radical (unpaired) electrons. The number of hydrogen-bond donors (Lipinski definition) is 2. The topological polar surface area (TPSA) is 83.5 Å². The second kappa shape index (κ2) is 7.65. The highest BCUT2D eigenvalue weighted by Crippen LogP contribution is 2.25. The molecular formula is C11H13BrClNO4S2. The van der Waals surface area contributed by atoms with Crippen molar-refractivity contribution in [2.75, 3.05) is 12.0 Å². The monoisotopic (exact) mass is 401 g/mol. The Hall–Kier alpha value is -0.280. The van der Waals surface area contributed by atoms with Crippen LogP contribution in [0, 0.1) is 0 Å². The Morgan fingerprint density at radius 2 is 2.20 bits per heavy atom. The fourth-order valence-electron chi connectivity index (χ4n) is 1.41. The molecule has 20 heavy (non-hydrogen) atoms. The number of nitrogens with one attached hydrogen (secondary N) is 1. The molecule has 0 bridgehead atoms. The van der Waals surface area contributed by atoms with Gasteiger partial charge in [0.05, 0.1) is 5.02 Å². The van der Waals surface area contributed by atoms with Crippen molar-refractivity contribution in [1.82, 2.24) is 4.72 Å². The van der Waals surface area contributed by atoms with Crippen molar-refractivity contribution in [1.29, 1.82) is 0 Å². The predicted molar refractivity (Wildman–Crippen MR) is 83.9 cm³/mol. The van der Waals surface area contributed by atoms with Crippen LogP contribution in [0.2, 0.25) is 5.02 Å². The lowest BCUT2D eigenvalue weighted by Gasteiger charge is -2.15. The summed E-state index contributed by atoms with van der Waals surface area (Å²) in [7, 11) is -3.98. The molecule has 1 aromatic rings. The molecule has 0 saturated carbocycles. The van der Waals surface area contributed by atoms with E-state index >= 15 is 0 Å². The van der Waals surface area contributed by atoms with Gasteiger partial charge in [0, 0.05) is 4.47 Å². The summed E-state index contributed by atoms with van der Waals surface area (Å²) >= 11 is 10.5. The molecule has 5 nitrogen and oxygen atoms in total. The number of rotatable bonds is 7. The minimum Gasteiger partial charge on any atom is -0.480 e. The van der Waals surface area contributed by atoms with Crippen LogP contribution in [0.3, 0.4) is 0 Å². The maximum Gasteiger partial charge on any atom is 0.321 e. The Morgan fingerprint density at radius 3 is 2.70 bits per heavy atom. The van der Waals surface area contributed by atoms with Gasteiger partial charge >= 0.3 is 5.97 Å². The van der Waals surface area contributed by atoms with Crippen LogP contribution >= 0.6 is 39.3 Å². The first kappa shape index (κ1) is 17.8. The van der Waals surface area contributed by atoms with E-state index < -0.39 is 22.0 Å². The maximum atomic E-state index is 12.2. The lowest BCUT2D eigenvalue weighted by Crippen LogP contribution is -2.41. The Bertz CT molecular complexity index is 594. The SMILES string of the molecule is CSCC[C@@H](NS(=O)(=O)c1ccc(Br)cc1Cl)C(=O)O. The van der Waals surface area contributed by atoms with Gasteiger partial charge in [-0.25, -0.2) is 8.42 Å². The normalized spacial score (nSPS) is 13.2. The molecule has 0 aliphatic carbocycles. The molecular weight excluding hydrogens is 390 g/mol. The first-order valence-corrected chi connectivity index (χ1v) is 9.52. The van der Waals surface area contributed by atoms with Crippen molar-refractivity contribution in [3.63, 3.8) is 0 Å². The van der Waals surface area contributed by atoms with E-state index in [-0.39, 0.29) is 16.3 Å². The number of carboxylic acid groups (broad SMARTS) is 1. The third-order valence-electron chi connectivity index (χ3n) is 2.39. The molecule has 0 amide bonds. The molecule has 0 saturated heterocycles. The Labute approximate surface area is 135 Å². The average Bonchev–Trinajstić information content (AvgIpc) is 2.33. The van der Waals surface area contributed by atoms with Crippen molar-refractivity contribution in [2.45, 2.75) is 17.4 Å². The van der Waals surface area contributed by atoms with Crippen LogP contribution in [0.4, 0.5) is 0 Å². The number of sulfonamides is 1. The summed E-state index contributed by atoms with van der Waals surface area (Å²) in [5, 5.41) is 9.08. The van der Waals surface area contributed by atoms with Crippen LogP contribution in [-0.4, -0.2) is 37.5 Å². The number of benzene rings is 1. The smallest absolute Gasteiger partial charge is 0.321 e. The highest BCUT2D eigenvalue weighted by Gasteiger charge is 2.26. The summed E-state index contributed by atoms with van der Waals surface area (Å²) in [6, 6.07) is 3.11. The van der Waals surface area contributed by atoms with E-state index in [2.05, 4.69) is 20.7 Å². The van der Waals surface area contributed by atoms with E-state index in [0.29, 0.717) is 10.2 Å². The number of halogens is 2. The lowest BCUT2D eigenvalue weighted by atomic mass is 10.2. The highest BCUT2D eigenvalue weighted by atomic mass is 79.9. The van der Waals surface area contributed by atoms with Gasteiger partial charge in [-0.3, -0.25) is 4.79 Å². The molecule has 0 aliphatic rings. The van der Waals surface area contributed by atoms with Gasteiger partial charge in [0.1, 0.15) is 10.9 Å². The van der Waals surface area contributed by atoms with Gasteiger partial charge in [-0.2, -0.15) is 16.5 Å². The summed E-state index contributed by atoms with van der Waals surface area (Å²) < 4.78 is 27.1. The molecule has 1 atom stereocenters. The molecule has 0 aromatic heterocycles. The van der Waals surface area contributed by atoms with E-state index in [1.807, 2.05) is 6.26 Å². The lowest BCUT2D eigenvalue weighted by molar-refractivity contribution is -0.139. The number of aliphatic carboxylic acids is 1. The summed E-state index contributed by atoms with van der Waals surface area (Å²) in [5.41, 5.74) is 0. The Kier molecular flexibility index (Phi) is 6.80. The van der Waals surface area contributed by atoms with Crippen LogP contribution in [-0.2, 0) is 14.8 Å². The summed E-state index contributed by atoms with van der Waals surface area (Å²) in [6.07, 6.45) is 2.02. The summed E-state index contributed by atoms with van der Waals surface area (Å²) in [4.78, 5) is 10.9. The molecule has 0 heterocycles. The molecule has 0 unspecified atom stereocenters. The van der Waals surface area contributed by atoms with E-state index in [0.717, 1.165) is 0 Å². The number of carbonyl (C=O) groups is 1. The van der Waals surface area contributed by atoms with E-state index in [4.69, 9.17) is 16.7 Å². The zero-order valence-corrected chi connectivity index (χ0v) is 14.4. The second-order valence-electron chi connectivity index (χ2n) is 3.87. The standard InChI is InChI=1S/C11H13BrClNO4S2/c1-19-5-4-9(11(15)16)14-20(17,18)10-3-2-7(12)6-8(10)13/h2-3,6,9,14H,4-5H2,1H3,(H,15,16)/t9-/m1/s1. The zero-order chi connectivity index (χ0) is 15.3. The summed E-state index contributed by atoms with van der Waals surface area (Å²) in [6.45, 7) is 0. The van der Waals surface area contributed by atoms with Gasteiger partial charge < -0.3 is 5.11 Å². The van der Waals surface area contributed by atoms with E-state index in [1.165, 1.54) is 30.0 Å². The van der Waals surface area contributed by atoms with Gasteiger partial charge in [-0.1, -0.05) is 27.5 Å². The molecule has 112 valence electrons. The van der Waals surface area contributed by atoms with Gasteiger partial charge in [0.25, 0.3) is 0 Å². The fraction of sp³-hybridized carbons (Fsp3) is 0.364. The van der Waals surface area contributed by atoms with E-state index in [1.54, 1.807) is 0 Å². The number of carboxylic acids is 1. The Balaban J connectivity index is 3.00. The molecule has 0 fully saturated rings. The minimum absolute atomic E-state index is 0.0286.